The molecule has 5 nitrogen and oxygen atoms in total. The fourth-order valence-electron chi connectivity index (χ4n) is 4.32. The Labute approximate surface area is 152 Å². The molecule has 2 N–H and O–H groups in total. The molecule has 1 fully saturated rings. The number of carboxylic acid groups (broad SMARTS) is 1. The van der Waals surface area contributed by atoms with E-state index in [9.17, 15) is 9.59 Å². The first kappa shape index (κ1) is 16.6. The summed E-state index contributed by atoms with van der Waals surface area (Å²) in [6.07, 6.45) is 4.09. The number of aryl methyl sites for hydroxylation is 1. The van der Waals surface area contributed by atoms with Gasteiger partial charge in [-0.1, -0.05) is 24.3 Å². The van der Waals surface area contributed by atoms with Gasteiger partial charge in [0, 0.05) is 11.3 Å². The third-order valence-corrected chi connectivity index (χ3v) is 5.72. The first-order chi connectivity index (χ1) is 12.5. The van der Waals surface area contributed by atoms with E-state index >= 15 is 0 Å². The third-order valence-electron chi connectivity index (χ3n) is 5.72. The molecule has 0 heterocycles. The summed E-state index contributed by atoms with van der Waals surface area (Å²) >= 11 is 0. The molecule has 0 aromatic heterocycles. The minimum absolute atomic E-state index is 0.0249. The number of ether oxygens (including phenoxy) is 1. The topological polar surface area (TPSA) is 75.6 Å². The van der Waals surface area contributed by atoms with Crippen molar-refractivity contribution in [1.29, 1.82) is 0 Å². The van der Waals surface area contributed by atoms with E-state index in [1.165, 1.54) is 30.4 Å². The second-order valence-corrected chi connectivity index (χ2v) is 7.13. The van der Waals surface area contributed by atoms with Crippen LogP contribution >= 0.6 is 0 Å². The van der Waals surface area contributed by atoms with Crippen LogP contribution in [0.5, 0.6) is 5.75 Å². The molecule has 2 aromatic rings. The molecule has 1 saturated carbocycles. The van der Waals surface area contributed by atoms with Gasteiger partial charge in [-0.15, -0.1) is 0 Å². The van der Waals surface area contributed by atoms with Crippen LogP contribution in [-0.4, -0.2) is 24.1 Å². The molecule has 2 aromatic carbocycles. The van der Waals surface area contributed by atoms with Crippen molar-refractivity contribution >= 4 is 17.6 Å². The Balaban J connectivity index is 1.55. The van der Waals surface area contributed by atoms with E-state index in [0.717, 1.165) is 25.7 Å². The number of nitrogens with one attached hydrogen (secondary N) is 1. The number of carboxylic acids is 1. The normalized spacial score (nSPS) is 23.2. The summed E-state index contributed by atoms with van der Waals surface area (Å²) in [7, 11) is 1.46. The number of hydrogen-bond acceptors (Lipinski definition) is 3. The van der Waals surface area contributed by atoms with Crippen LogP contribution in [0.3, 0.4) is 0 Å². The average Bonchev–Trinajstić information content (AvgIpc) is 3.37. The van der Waals surface area contributed by atoms with Crippen molar-refractivity contribution in [3.8, 4) is 5.75 Å². The van der Waals surface area contributed by atoms with Crippen molar-refractivity contribution in [2.24, 2.45) is 5.92 Å². The number of carbonyl (C=O) groups excluding carboxylic acids is 1. The number of benzene rings is 2. The highest BCUT2D eigenvalue weighted by Gasteiger charge is 2.60. The van der Waals surface area contributed by atoms with Gasteiger partial charge < -0.3 is 15.2 Å². The van der Waals surface area contributed by atoms with Crippen LogP contribution in [0.2, 0.25) is 0 Å². The minimum Gasteiger partial charge on any atom is -0.495 e. The van der Waals surface area contributed by atoms with Gasteiger partial charge in [0.2, 0.25) is 5.91 Å². The van der Waals surface area contributed by atoms with Gasteiger partial charge in [-0.05, 0) is 55.0 Å². The third kappa shape index (κ3) is 2.64. The number of amides is 1. The molecule has 4 rings (SSSR count). The van der Waals surface area contributed by atoms with Gasteiger partial charge in [-0.25, -0.2) is 4.79 Å². The van der Waals surface area contributed by atoms with Gasteiger partial charge in [-0.2, -0.15) is 0 Å². The number of rotatable bonds is 4. The van der Waals surface area contributed by atoms with Crippen LogP contribution in [0, 0.1) is 5.92 Å². The van der Waals surface area contributed by atoms with Crippen LogP contribution in [0.4, 0.5) is 5.69 Å². The molecule has 0 radical (unpaired) electrons. The highest BCUT2D eigenvalue weighted by Crippen LogP contribution is 2.60. The molecule has 26 heavy (non-hydrogen) atoms. The van der Waals surface area contributed by atoms with Crippen LogP contribution in [0.15, 0.2) is 42.5 Å². The van der Waals surface area contributed by atoms with Crippen LogP contribution < -0.4 is 10.1 Å². The van der Waals surface area contributed by atoms with E-state index in [2.05, 4.69) is 23.5 Å². The van der Waals surface area contributed by atoms with E-state index in [4.69, 9.17) is 9.84 Å². The summed E-state index contributed by atoms with van der Waals surface area (Å²) in [5.74, 6) is -0.742. The van der Waals surface area contributed by atoms with Crippen molar-refractivity contribution in [2.75, 3.05) is 12.4 Å². The maximum atomic E-state index is 12.9. The fraction of sp³-hybridized carbons (Fsp3) is 0.333. The number of methoxy groups -OCH3 is 1. The second-order valence-electron chi connectivity index (χ2n) is 7.13. The van der Waals surface area contributed by atoms with Gasteiger partial charge in [0.1, 0.15) is 5.75 Å². The molecular formula is C21H21NO4. The van der Waals surface area contributed by atoms with E-state index in [0.29, 0.717) is 11.4 Å². The van der Waals surface area contributed by atoms with E-state index in [1.54, 1.807) is 6.07 Å². The molecule has 2 atom stereocenters. The van der Waals surface area contributed by atoms with Crippen molar-refractivity contribution in [1.82, 2.24) is 0 Å². The van der Waals surface area contributed by atoms with Gasteiger partial charge in [0.05, 0.1) is 18.4 Å². The Kier molecular flexibility index (Phi) is 3.94. The number of aromatic carboxylic acids is 1. The average molecular weight is 351 g/mol. The Bertz CT molecular complexity index is 891. The summed E-state index contributed by atoms with van der Waals surface area (Å²) in [6.45, 7) is 0. The Morgan fingerprint density at radius 1 is 1.23 bits per heavy atom. The molecule has 5 heteroatoms. The van der Waals surface area contributed by atoms with Gasteiger partial charge in [-0.3, -0.25) is 4.79 Å². The predicted octanol–water partition coefficient (Wildman–Crippen LogP) is 3.63. The fourth-order valence-corrected chi connectivity index (χ4v) is 4.32. The Hall–Kier alpha value is -2.82. The van der Waals surface area contributed by atoms with Crippen LogP contribution in [0.25, 0.3) is 0 Å². The monoisotopic (exact) mass is 351 g/mol. The standard InChI is InChI=1S/C21H21NO4/c1-26-18-11-14(20(24)25)8-9-17(18)22-19(23)16-12-21(16)10-4-6-13-5-2-3-7-15(13)21/h2-3,5,7-9,11,16H,4,6,10,12H2,1H3,(H,22,23)(H,24,25). The minimum atomic E-state index is -1.03. The first-order valence-electron chi connectivity index (χ1n) is 8.86. The SMILES string of the molecule is COc1cc(C(=O)O)ccc1NC(=O)C1CC12CCCc1ccccc12. The van der Waals surface area contributed by atoms with Crippen molar-refractivity contribution in [3.05, 3.63) is 59.2 Å². The molecule has 1 amide bonds. The van der Waals surface area contributed by atoms with Gasteiger partial charge in [0.15, 0.2) is 0 Å². The highest BCUT2D eigenvalue weighted by atomic mass is 16.5. The van der Waals surface area contributed by atoms with Crippen molar-refractivity contribution in [2.45, 2.75) is 31.1 Å². The van der Waals surface area contributed by atoms with Crippen LogP contribution in [0.1, 0.15) is 40.7 Å². The lowest BCUT2D eigenvalue weighted by molar-refractivity contribution is -0.117. The molecule has 2 aliphatic carbocycles. The molecular weight excluding hydrogens is 330 g/mol. The molecule has 2 aliphatic rings. The maximum Gasteiger partial charge on any atom is 0.335 e. The van der Waals surface area contributed by atoms with Gasteiger partial charge in [0.25, 0.3) is 0 Å². The first-order valence-corrected chi connectivity index (χ1v) is 8.86. The van der Waals surface area contributed by atoms with E-state index < -0.39 is 5.97 Å². The van der Waals surface area contributed by atoms with E-state index in [-0.39, 0.29) is 22.8 Å². The second kappa shape index (κ2) is 6.16. The lowest BCUT2D eigenvalue weighted by Crippen LogP contribution is -2.25. The summed E-state index contributed by atoms with van der Waals surface area (Å²) in [4.78, 5) is 24.0. The Morgan fingerprint density at radius 3 is 2.81 bits per heavy atom. The van der Waals surface area contributed by atoms with E-state index in [1.807, 2.05) is 6.07 Å². The zero-order valence-electron chi connectivity index (χ0n) is 14.6. The number of hydrogen-bond donors (Lipinski definition) is 2. The number of fused-ring (bicyclic) bond motifs is 2. The summed E-state index contributed by atoms with van der Waals surface area (Å²) in [5.41, 5.74) is 3.28. The van der Waals surface area contributed by atoms with Crippen LogP contribution in [-0.2, 0) is 16.6 Å². The van der Waals surface area contributed by atoms with Gasteiger partial charge >= 0.3 is 5.97 Å². The molecule has 2 unspecified atom stereocenters. The van der Waals surface area contributed by atoms with Crippen molar-refractivity contribution < 1.29 is 19.4 Å². The molecule has 0 aliphatic heterocycles. The Morgan fingerprint density at radius 2 is 2.04 bits per heavy atom. The largest absolute Gasteiger partial charge is 0.495 e. The molecule has 0 bridgehead atoms. The number of carbonyl (C=O) groups is 2. The van der Waals surface area contributed by atoms with Crippen molar-refractivity contribution in [3.63, 3.8) is 0 Å². The highest BCUT2D eigenvalue weighted by molar-refractivity contribution is 5.98. The summed E-state index contributed by atoms with van der Waals surface area (Å²) in [5, 5.41) is 12.0. The maximum absolute atomic E-state index is 12.9. The quantitative estimate of drug-likeness (QED) is 0.882. The summed E-state index contributed by atoms with van der Waals surface area (Å²) < 4.78 is 5.25. The molecule has 1 spiro atoms. The molecule has 134 valence electrons. The smallest absolute Gasteiger partial charge is 0.335 e. The number of anilines is 1. The zero-order valence-corrected chi connectivity index (χ0v) is 14.6. The predicted molar refractivity (Wildman–Crippen MR) is 97.7 cm³/mol. The lowest BCUT2D eigenvalue weighted by atomic mass is 9.78. The lowest BCUT2D eigenvalue weighted by Gasteiger charge is -2.26. The zero-order chi connectivity index (χ0) is 18.3. The summed E-state index contributed by atoms with van der Waals surface area (Å²) in [6, 6.07) is 12.9. The molecule has 0 saturated heterocycles.